The first kappa shape index (κ1) is 31.8. The standard InChI is InChI=1S/C53H32N2O2/c1-2-12-34(13-3-1)46-32-47(55-52(54-46)37-26-28-41-40-16-6-10-20-48(40)56-51(41)31-37)35-24-22-33(23-25-35)36-27-29-50-45(30-36)53(44-19-9-11-21-49(44)57-50)42-17-7-4-14-38(42)39-15-5-8-18-43(39)53/h1-32H. The van der Waals surface area contributed by atoms with Gasteiger partial charge >= 0.3 is 0 Å². The van der Waals surface area contributed by atoms with E-state index in [1.807, 2.05) is 36.4 Å². The highest BCUT2D eigenvalue weighted by Gasteiger charge is 2.51. The van der Waals surface area contributed by atoms with Crippen molar-refractivity contribution in [2.75, 3.05) is 0 Å². The number of nitrogens with zero attached hydrogens (tertiary/aromatic N) is 2. The topological polar surface area (TPSA) is 48.2 Å². The van der Waals surface area contributed by atoms with Crippen molar-refractivity contribution in [3.8, 4) is 67.7 Å². The van der Waals surface area contributed by atoms with Crippen molar-refractivity contribution >= 4 is 21.9 Å². The van der Waals surface area contributed by atoms with Crippen LogP contribution in [0.4, 0.5) is 0 Å². The van der Waals surface area contributed by atoms with Gasteiger partial charge in [-0.15, -0.1) is 0 Å². The molecule has 1 aliphatic heterocycles. The molecule has 0 bridgehead atoms. The van der Waals surface area contributed by atoms with E-state index in [9.17, 15) is 0 Å². The lowest BCUT2D eigenvalue weighted by atomic mass is 9.66. The molecule has 10 aromatic rings. The van der Waals surface area contributed by atoms with E-state index < -0.39 is 5.41 Å². The van der Waals surface area contributed by atoms with E-state index in [0.29, 0.717) is 5.82 Å². The Morgan fingerprint density at radius 1 is 0.351 bits per heavy atom. The first-order valence-electron chi connectivity index (χ1n) is 19.3. The third kappa shape index (κ3) is 4.74. The molecule has 4 heteroatoms. The van der Waals surface area contributed by atoms with E-state index >= 15 is 0 Å². The Morgan fingerprint density at radius 2 is 0.912 bits per heavy atom. The second-order valence-electron chi connectivity index (χ2n) is 14.9. The van der Waals surface area contributed by atoms with Crippen molar-refractivity contribution in [1.82, 2.24) is 9.97 Å². The lowest BCUT2D eigenvalue weighted by Crippen LogP contribution is -2.32. The fourth-order valence-corrected chi connectivity index (χ4v) is 9.22. The number of aromatic nitrogens is 2. The SMILES string of the molecule is c1ccc(-c2cc(-c3ccc(-c4ccc5c(c4)C4(c6ccccc6O5)c5ccccc5-c5ccccc54)cc3)nc(-c3ccc4c(c3)oc3ccccc34)n2)cc1. The van der Waals surface area contributed by atoms with Crippen molar-refractivity contribution in [2.24, 2.45) is 0 Å². The highest BCUT2D eigenvalue weighted by Crippen LogP contribution is 2.62. The summed E-state index contributed by atoms with van der Waals surface area (Å²) in [7, 11) is 0. The fourth-order valence-electron chi connectivity index (χ4n) is 9.22. The third-order valence-electron chi connectivity index (χ3n) is 11.8. The number of furan rings is 1. The minimum absolute atomic E-state index is 0.510. The van der Waals surface area contributed by atoms with E-state index in [2.05, 4.69) is 158 Å². The molecular formula is C53H32N2O2. The van der Waals surface area contributed by atoms with E-state index in [1.165, 1.54) is 22.3 Å². The number of benzene rings is 8. The van der Waals surface area contributed by atoms with Gasteiger partial charge in [0.1, 0.15) is 22.7 Å². The monoisotopic (exact) mass is 728 g/mol. The van der Waals surface area contributed by atoms with Crippen LogP contribution < -0.4 is 4.74 Å². The van der Waals surface area contributed by atoms with Crippen LogP contribution in [0.25, 0.3) is 78.1 Å². The van der Waals surface area contributed by atoms with Gasteiger partial charge in [0, 0.05) is 38.6 Å². The zero-order valence-corrected chi connectivity index (χ0v) is 30.7. The summed E-state index contributed by atoms with van der Waals surface area (Å²) < 4.78 is 12.9. The van der Waals surface area contributed by atoms with Crippen LogP contribution in [0.5, 0.6) is 11.5 Å². The lowest BCUT2D eigenvalue weighted by molar-refractivity contribution is 0.436. The average molecular weight is 729 g/mol. The van der Waals surface area contributed by atoms with Gasteiger partial charge in [0.2, 0.25) is 0 Å². The van der Waals surface area contributed by atoms with Gasteiger partial charge < -0.3 is 9.15 Å². The number of rotatable bonds is 4. The molecule has 1 aliphatic carbocycles. The molecule has 4 nitrogen and oxygen atoms in total. The van der Waals surface area contributed by atoms with Crippen molar-refractivity contribution in [1.29, 1.82) is 0 Å². The van der Waals surface area contributed by atoms with Crippen LogP contribution in [-0.2, 0) is 5.41 Å². The molecule has 2 aromatic heterocycles. The zero-order valence-electron chi connectivity index (χ0n) is 30.7. The molecule has 0 amide bonds. The first-order valence-corrected chi connectivity index (χ1v) is 19.3. The molecule has 1 spiro atoms. The highest BCUT2D eigenvalue weighted by atomic mass is 16.5. The van der Waals surface area contributed by atoms with Crippen molar-refractivity contribution in [3.05, 3.63) is 216 Å². The van der Waals surface area contributed by atoms with E-state index in [0.717, 1.165) is 83.8 Å². The quantitative estimate of drug-likeness (QED) is 0.181. The highest BCUT2D eigenvalue weighted by molar-refractivity contribution is 6.05. The Morgan fingerprint density at radius 3 is 1.68 bits per heavy atom. The van der Waals surface area contributed by atoms with Crippen molar-refractivity contribution in [3.63, 3.8) is 0 Å². The molecule has 0 atom stereocenters. The van der Waals surface area contributed by atoms with Crippen LogP contribution in [0.2, 0.25) is 0 Å². The summed E-state index contributed by atoms with van der Waals surface area (Å²) in [6.07, 6.45) is 0. The van der Waals surface area contributed by atoms with Gasteiger partial charge in [-0.3, -0.25) is 0 Å². The molecule has 0 saturated carbocycles. The third-order valence-corrected chi connectivity index (χ3v) is 11.8. The largest absolute Gasteiger partial charge is 0.457 e. The maximum atomic E-state index is 6.68. The average Bonchev–Trinajstić information content (AvgIpc) is 3.80. The Hall–Kier alpha value is -7.56. The summed E-state index contributed by atoms with van der Waals surface area (Å²) in [5.74, 6) is 2.42. The van der Waals surface area contributed by atoms with Gasteiger partial charge in [0.15, 0.2) is 5.82 Å². The second-order valence-corrected chi connectivity index (χ2v) is 14.9. The Kier molecular flexibility index (Phi) is 6.81. The van der Waals surface area contributed by atoms with Crippen LogP contribution >= 0.6 is 0 Å². The van der Waals surface area contributed by atoms with Crippen LogP contribution in [-0.4, -0.2) is 9.97 Å². The minimum Gasteiger partial charge on any atom is -0.457 e. The first-order chi connectivity index (χ1) is 28.2. The predicted octanol–water partition coefficient (Wildman–Crippen LogP) is 13.5. The van der Waals surface area contributed by atoms with Crippen LogP contribution in [0, 0.1) is 0 Å². The molecule has 0 N–H and O–H groups in total. The summed E-state index contributed by atoms with van der Waals surface area (Å²) in [5, 5.41) is 2.18. The van der Waals surface area contributed by atoms with Gasteiger partial charge in [-0.05, 0) is 75.8 Å². The number of para-hydroxylation sites is 2. The van der Waals surface area contributed by atoms with E-state index in [-0.39, 0.29) is 0 Å². The molecule has 0 radical (unpaired) electrons. The second kappa shape index (κ2) is 12.2. The Balaban J connectivity index is 0.976. The van der Waals surface area contributed by atoms with E-state index in [4.69, 9.17) is 19.1 Å². The molecule has 2 aliphatic rings. The Labute approximate surface area is 329 Å². The zero-order chi connectivity index (χ0) is 37.5. The number of hydrogen-bond donors (Lipinski definition) is 0. The lowest BCUT2D eigenvalue weighted by Gasteiger charge is -2.39. The molecule has 0 fully saturated rings. The van der Waals surface area contributed by atoms with Gasteiger partial charge in [-0.2, -0.15) is 0 Å². The van der Waals surface area contributed by atoms with Gasteiger partial charge in [0.25, 0.3) is 0 Å². The maximum Gasteiger partial charge on any atom is 0.160 e. The predicted molar refractivity (Wildman–Crippen MR) is 228 cm³/mol. The van der Waals surface area contributed by atoms with Crippen molar-refractivity contribution < 1.29 is 9.15 Å². The van der Waals surface area contributed by atoms with E-state index in [1.54, 1.807) is 0 Å². The molecule has 0 unspecified atom stereocenters. The fraction of sp³-hybridized carbons (Fsp3) is 0.0189. The number of fused-ring (bicyclic) bond motifs is 12. The summed E-state index contributed by atoms with van der Waals surface area (Å²) in [5.41, 5.74) is 15.5. The molecular weight excluding hydrogens is 697 g/mol. The van der Waals surface area contributed by atoms with Gasteiger partial charge in [-0.25, -0.2) is 9.97 Å². The summed E-state index contributed by atoms with van der Waals surface area (Å²) in [6.45, 7) is 0. The summed E-state index contributed by atoms with van der Waals surface area (Å²) in [4.78, 5) is 10.2. The molecule has 3 heterocycles. The molecule has 266 valence electrons. The van der Waals surface area contributed by atoms with Crippen LogP contribution in [0.1, 0.15) is 22.3 Å². The Bertz CT molecular complexity index is 3170. The van der Waals surface area contributed by atoms with Crippen LogP contribution in [0.3, 0.4) is 0 Å². The molecule has 0 saturated heterocycles. The summed E-state index contributed by atoms with van der Waals surface area (Å²) in [6, 6.07) is 68.3. The molecule has 57 heavy (non-hydrogen) atoms. The smallest absolute Gasteiger partial charge is 0.160 e. The minimum atomic E-state index is -0.510. The van der Waals surface area contributed by atoms with Crippen LogP contribution in [0.15, 0.2) is 199 Å². The van der Waals surface area contributed by atoms with Gasteiger partial charge in [0.05, 0.1) is 16.8 Å². The summed E-state index contributed by atoms with van der Waals surface area (Å²) >= 11 is 0. The number of ether oxygens (including phenoxy) is 1. The maximum absolute atomic E-state index is 6.68. The normalized spacial score (nSPS) is 13.2. The molecule has 8 aromatic carbocycles. The van der Waals surface area contributed by atoms with Crippen molar-refractivity contribution in [2.45, 2.75) is 5.41 Å². The van der Waals surface area contributed by atoms with Gasteiger partial charge in [-0.1, -0.05) is 152 Å². The molecule has 12 rings (SSSR count). The number of hydrogen-bond acceptors (Lipinski definition) is 4.